The molecule has 0 saturated carbocycles. The maximum atomic E-state index is 2.10. The molecule has 1 heteroatoms. The van der Waals surface area contributed by atoms with Crippen molar-refractivity contribution in [2.24, 2.45) is 0 Å². The second kappa shape index (κ2) is 0.694. The zero-order valence-corrected chi connectivity index (χ0v) is 3.07. The highest BCUT2D eigenvalue weighted by molar-refractivity contribution is 7.44. The molecule has 0 aromatic heterocycles. The summed E-state index contributed by atoms with van der Waals surface area (Å²) in [5.74, 6) is 4.19. The minimum atomic E-state index is 1.37. The van der Waals surface area contributed by atoms with Crippen molar-refractivity contribution in [1.29, 1.82) is 0 Å². The minimum Gasteiger partial charge on any atom is -0.0765 e. The average molecular weight is 70.0 g/mol. The molecule has 20 valence electrons. The lowest BCUT2D eigenvalue weighted by atomic mass is 10.8. The van der Waals surface area contributed by atoms with Gasteiger partial charge in [-0.1, -0.05) is 14.3 Å². The quantitative estimate of drug-likeness (QED) is 0.376. The Balaban J connectivity index is 2.67. The SMILES string of the molecule is C1=CP=C1. The van der Waals surface area contributed by atoms with Gasteiger partial charge in [-0.15, -0.1) is 0 Å². The molecule has 0 fully saturated rings. The van der Waals surface area contributed by atoms with E-state index in [-0.39, 0.29) is 0 Å². The summed E-state index contributed by atoms with van der Waals surface area (Å²) in [7, 11) is 1.37. The molecule has 0 radical (unpaired) electrons. The summed E-state index contributed by atoms with van der Waals surface area (Å²) >= 11 is 0. The Morgan fingerprint density at radius 1 is 1.50 bits per heavy atom. The summed E-state index contributed by atoms with van der Waals surface area (Å²) in [5, 5.41) is 0. The Labute approximate surface area is 26.9 Å². The van der Waals surface area contributed by atoms with Gasteiger partial charge < -0.3 is 0 Å². The van der Waals surface area contributed by atoms with E-state index in [1.165, 1.54) is 8.20 Å². The van der Waals surface area contributed by atoms with Crippen LogP contribution in [-0.2, 0) is 0 Å². The summed E-state index contributed by atoms with van der Waals surface area (Å²) in [6, 6.07) is 0. The first-order chi connectivity index (χ1) is 2.00. The summed E-state index contributed by atoms with van der Waals surface area (Å²) in [6.45, 7) is 0. The van der Waals surface area contributed by atoms with E-state index in [9.17, 15) is 0 Å². The molecule has 4 heavy (non-hydrogen) atoms. The van der Waals surface area contributed by atoms with E-state index in [4.69, 9.17) is 0 Å². The van der Waals surface area contributed by atoms with Crippen molar-refractivity contribution in [1.82, 2.24) is 0 Å². The molecule has 0 spiro atoms. The molecule has 1 aliphatic rings. The largest absolute Gasteiger partial charge is 0.0765 e. The van der Waals surface area contributed by atoms with Crippen molar-refractivity contribution in [2.75, 3.05) is 0 Å². The van der Waals surface area contributed by atoms with E-state index in [0.717, 1.165) is 0 Å². The maximum absolute atomic E-state index is 2.10. The van der Waals surface area contributed by atoms with Crippen LogP contribution in [0.1, 0.15) is 0 Å². The summed E-state index contributed by atoms with van der Waals surface area (Å²) in [4.78, 5) is 0. The average Bonchev–Trinajstić information content (AvgIpc) is 0.722. The summed E-state index contributed by atoms with van der Waals surface area (Å²) < 4.78 is 0. The molecule has 1 rings (SSSR count). The predicted molar refractivity (Wildman–Crippen MR) is 22.1 cm³/mol. The van der Waals surface area contributed by atoms with Crippen molar-refractivity contribution in [3.8, 4) is 0 Å². The second-order valence-electron chi connectivity index (χ2n) is 0.640. The van der Waals surface area contributed by atoms with E-state index in [0.29, 0.717) is 0 Å². The van der Waals surface area contributed by atoms with Gasteiger partial charge in [0.15, 0.2) is 0 Å². The van der Waals surface area contributed by atoms with Crippen molar-refractivity contribution >= 4 is 14.0 Å². The molecular formula is C3H3P. The molecular weight excluding hydrogens is 67.0 g/mol. The Bertz CT molecular complexity index is 43.7. The molecule has 0 atom stereocenters. The third kappa shape index (κ3) is 0.103. The molecule has 0 bridgehead atoms. The van der Waals surface area contributed by atoms with Gasteiger partial charge in [0.2, 0.25) is 0 Å². The first-order valence-corrected chi connectivity index (χ1v) is 2.22. The van der Waals surface area contributed by atoms with Crippen LogP contribution in [0.3, 0.4) is 0 Å². The van der Waals surface area contributed by atoms with Gasteiger partial charge in [-0.25, -0.2) is 0 Å². The topological polar surface area (TPSA) is 0 Å². The molecule has 1 heterocycles. The molecule has 0 saturated heterocycles. The van der Waals surface area contributed by atoms with E-state index < -0.39 is 0 Å². The fraction of sp³-hybridized carbons (Fsp3) is 0. The van der Waals surface area contributed by atoms with Gasteiger partial charge >= 0.3 is 0 Å². The summed E-state index contributed by atoms with van der Waals surface area (Å²) in [6.07, 6.45) is 2.04. The second-order valence-corrected chi connectivity index (χ2v) is 1.53. The predicted octanol–water partition coefficient (Wildman–Crippen LogP) is 1.26. The van der Waals surface area contributed by atoms with Gasteiger partial charge in [0.1, 0.15) is 0 Å². The Kier molecular flexibility index (Phi) is 0.376. The van der Waals surface area contributed by atoms with Gasteiger partial charge in [0.25, 0.3) is 0 Å². The van der Waals surface area contributed by atoms with Crippen molar-refractivity contribution in [3.05, 3.63) is 11.9 Å². The fourth-order valence-corrected chi connectivity index (χ4v) is 0.258. The highest BCUT2D eigenvalue weighted by Gasteiger charge is 1.66. The van der Waals surface area contributed by atoms with Gasteiger partial charge in [0.05, 0.1) is 0 Å². The molecule has 0 nitrogen and oxygen atoms in total. The summed E-state index contributed by atoms with van der Waals surface area (Å²) in [5.41, 5.74) is 0. The number of hydrogen-bond acceptors (Lipinski definition) is 0. The van der Waals surface area contributed by atoms with Crippen molar-refractivity contribution in [3.63, 3.8) is 0 Å². The van der Waals surface area contributed by atoms with Crippen LogP contribution >= 0.6 is 8.20 Å². The number of allylic oxidation sites excluding steroid dienone is 1. The Morgan fingerprint density at radius 2 is 1.75 bits per heavy atom. The smallest absolute Gasteiger partial charge is 0.0343 e. The number of rotatable bonds is 0. The van der Waals surface area contributed by atoms with Crippen molar-refractivity contribution < 1.29 is 0 Å². The molecule has 0 amide bonds. The van der Waals surface area contributed by atoms with Crippen LogP contribution in [0.25, 0.3) is 0 Å². The van der Waals surface area contributed by atoms with Crippen LogP contribution in [0.15, 0.2) is 11.9 Å². The third-order valence-electron chi connectivity index (χ3n) is 0.344. The van der Waals surface area contributed by atoms with Crippen LogP contribution in [0.2, 0.25) is 0 Å². The van der Waals surface area contributed by atoms with E-state index in [1.54, 1.807) is 0 Å². The zero-order valence-electron chi connectivity index (χ0n) is 2.18. The molecule has 0 aromatic carbocycles. The standard InChI is InChI=1S/C3H3P/c1-2-4-3-1/h1-3H. The Morgan fingerprint density at radius 3 is 1.75 bits per heavy atom. The van der Waals surface area contributed by atoms with E-state index >= 15 is 0 Å². The van der Waals surface area contributed by atoms with Gasteiger partial charge in [-0.2, -0.15) is 0 Å². The van der Waals surface area contributed by atoms with Crippen LogP contribution in [0.4, 0.5) is 0 Å². The van der Waals surface area contributed by atoms with Gasteiger partial charge in [0, 0.05) is 0 Å². The monoisotopic (exact) mass is 70.0 g/mol. The van der Waals surface area contributed by atoms with Crippen molar-refractivity contribution in [2.45, 2.75) is 0 Å². The lowest BCUT2D eigenvalue weighted by molar-refractivity contribution is 2.42. The minimum absolute atomic E-state index is 1.37. The molecule has 1 aliphatic heterocycles. The van der Waals surface area contributed by atoms with Gasteiger partial charge in [-0.05, 0) is 11.6 Å². The first-order valence-electron chi connectivity index (χ1n) is 1.18. The van der Waals surface area contributed by atoms with Crippen LogP contribution in [0, 0.1) is 0 Å². The van der Waals surface area contributed by atoms with E-state index in [1.807, 2.05) is 6.08 Å². The highest BCUT2D eigenvalue weighted by Crippen LogP contribution is 2.02. The third-order valence-corrected chi connectivity index (χ3v) is 1.03. The van der Waals surface area contributed by atoms with Gasteiger partial charge in [-0.3, -0.25) is 0 Å². The van der Waals surface area contributed by atoms with Crippen LogP contribution < -0.4 is 0 Å². The molecule has 0 N–H and O–H groups in total. The normalized spacial score (nSPS) is 20.0. The Hall–Kier alpha value is -0.0900. The zero-order chi connectivity index (χ0) is 2.83. The maximum Gasteiger partial charge on any atom is -0.0343 e. The lowest BCUT2D eigenvalue weighted by Crippen LogP contribution is -1.56. The molecule has 0 aliphatic carbocycles. The lowest BCUT2D eigenvalue weighted by Gasteiger charge is -1.76. The van der Waals surface area contributed by atoms with E-state index in [2.05, 4.69) is 11.6 Å². The van der Waals surface area contributed by atoms with Crippen LogP contribution in [0.5, 0.6) is 0 Å². The number of hydrogen-bond donors (Lipinski definition) is 0. The first kappa shape index (κ1) is 2.17. The highest BCUT2D eigenvalue weighted by atomic mass is 31.1. The fourth-order valence-electron chi connectivity index (χ4n) is 0.0861. The molecule has 0 unspecified atom stereocenters. The van der Waals surface area contributed by atoms with Crippen LogP contribution in [-0.4, -0.2) is 5.80 Å². The molecule has 0 aromatic rings.